The number of amides is 1. The first kappa shape index (κ1) is 17.2. The van der Waals surface area contributed by atoms with Crippen LogP contribution in [0.5, 0.6) is 0 Å². The number of hydrogen-bond acceptors (Lipinski definition) is 3. The second-order valence-electron chi connectivity index (χ2n) is 5.81. The van der Waals surface area contributed by atoms with Gasteiger partial charge in [0.2, 0.25) is 5.91 Å². The van der Waals surface area contributed by atoms with Gasteiger partial charge in [-0.3, -0.25) is 9.59 Å². The van der Waals surface area contributed by atoms with E-state index >= 15 is 0 Å². The molecule has 0 aliphatic heterocycles. The van der Waals surface area contributed by atoms with E-state index in [-0.39, 0.29) is 11.3 Å². The summed E-state index contributed by atoms with van der Waals surface area (Å²) in [6, 6.07) is 11.0. The quantitative estimate of drug-likeness (QED) is 0.644. The van der Waals surface area contributed by atoms with Gasteiger partial charge in [-0.15, -0.1) is 0 Å². The predicted molar refractivity (Wildman–Crippen MR) is 104 cm³/mol. The molecule has 0 spiro atoms. The van der Waals surface area contributed by atoms with Gasteiger partial charge in [-0.2, -0.15) is 0 Å². The van der Waals surface area contributed by atoms with Gasteiger partial charge in [-0.05, 0) is 55.8 Å². The van der Waals surface area contributed by atoms with Crippen molar-refractivity contribution >= 4 is 44.6 Å². The third-order valence-electron chi connectivity index (χ3n) is 3.79. The molecule has 0 aliphatic carbocycles. The molecule has 0 saturated heterocycles. The third-order valence-corrected chi connectivity index (χ3v) is 4.68. The number of rotatable bonds is 3. The molecule has 5 heteroatoms. The van der Waals surface area contributed by atoms with Gasteiger partial charge in [0.25, 0.3) is 0 Å². The van der Waals surface area contributed by atoms with E-state index in [4.69, 9.17) is 4.42 Å². The highest BCUT2D eigenvalue weighted by Crippen LogP contribution is 2.20. The van der Waals surface area contributed by atoms with Crippen LogP contribution in [0.25, 0.3) is 17.0 Å². The number of carbonyl (C=O) groups excluding carboxylic acids is 1. The number of aryl methyl sites for hydroxylation is 2. The molecule has 1 heterocycles. The molecule has 1 N–H and O–H groups in total. The van der Waals surface area contributed by atoms with Gasteiger partial charge in [-0.25, -0.2) is 0 Å². The van der Waals surface area contributed by atoms with Crippen molar-refractivity contribution in [3.8, 4) is 0 Å². The first-order valence-corrected chi connectivity index (χ1v) is 8.51. The lowest BCUT2D eigenvalue weighted by atomic mass is 10.1. The number of anilines is 1. The molecule has 0 fully saturated rings. The summed E-state index contributed by atoms with van der Waals surface area (Å²) >= 11 is 3.42. The van der Waals surface area contributed by atoms with Crippen molar-refractivity contribution < 1.29 is 9.21 Å². The fourth-order valence-corrected chi connectivity index (χ4v) is 2.69. The number of hydrogen-bond donors (Lipinski definition) is 1. The molecule has 3 aromatic rings. The maximum atomic E-state index is 12.5. The highest BCUT2D eigenvalue weighted by molar-refractivity contribution is 9.10. The van der Waals surface area contributed by atoms with Gasteiger partial charge in [0.1, 0.15) is 11.8 Å². The lowest BCUT2D eigenvalue weighted by Crippen LogP contribution is -2.09. The van der Waals surface area contributed by atoms with Crippen molar-refractivity contribution in [1.29, 1.82) is 0 Å². The van der Waals surface area contributed by atoms with Gasteiger partial charge in [0.05, 0.1) is 10.9 Å². The summed E-state index contributed by atoms with van der Waals surface area (Å²) in [5.74, 6) is -0.314. The van der Waals surface area contributed by atoms with Crippen LogP contribution in [0.1, 0.15) is 16.7 Å². The SMILES string of the molecule is Cc1ccc2occ(/C=C/C(=O)Nc3ccc(Br)c(C)c3)c(=O)c2c1. The molecule has 126 valence electrons. The zero-order chi connectivity index (χ0) is 18.0. The molecule has 0 unspecified atom stereocenters. The Balaban J connectivity index is 1.82. The van der Waals surface area contributed by atoms with E-state index in [0.717, 1.165) is 15.6 Å². The molecule has 2 aromatic carbocycles. The van der Waals surface area contributed by atoms with Crippen molar-refractivity contribution in [3.05, 3.63) is 80.1 Å². The molecule has 0 saturated carbocycles. The summed E-state index contributed by atoms with van der Waals surface area (Å²) in [6.07, 6.45) is 4.16. The third kappa shape index (κ3) is 3.88. The van der Waals surface area contributed by atoms with Crippen molar-refractivity contribution in [2.24, 2.45) is 0 Å². The van der Waals surface area contributed by atoms with Crippen molar-refractivity contribution in [1.82, 2.24) is 0 Å². The number of halogens is 1. The van der Waals surface area contributed by atoms with Crippen LogP contribution in [-0.2, 0) is 4.79 Å². The fraction of sp³-hybridized carbons (Fsp3) is 0.100. The minimum atomic E-state index is -0.314. The van der Waals surface area contributed by atoms with Crippen LogP contribution < -0.4 is 10.7 Å². The van der Waals surface area contributed by atoms with Crippen LogP contribution in [0.15, 0.2) is 62.4 Å². The van der Waals surface area contributed by atoms with Crippen LogP contribution in [0, 0.1) is 13.8 Å². The van der Waals surface area contributed by atoms with E-state index in [1.807, 2.05) is 32.0 Å². The number of carbonyl (C=O) groups is 1. The zero-order valence-corrected chi connectivity index (χ0v) is 15.4. The standard InChI is InChI=1S/C20H16BrNO3/c1-12-3-7-18-16(9-12)20(24)14(11-25-18)4-8-19(23)22-15-5-6-17(21)13(2)10-15/h3-11H,1-2H3,(H,22,23)/b8-4+. The maximum absolute atomic E-state index is 12.5. The summed E-state index contributed by atoms with van der Waals surface area (Å²) in [5.41, 5.74) is 3.39. The number of nitrogens with one attached hydrogen (secondary N) is 1. The topological polar surface area (TPSA) is 59.3 Å². The molecular weight excluding hydrogens is 382 g/mol. The number of fused-ring (bicyclic) bond motifs is 1. The number of benzene rings is 2. The molecule has 3 rings (SSSR count). The second-order valence-corrected chi connectivity index (χ2v) is 6.66. The Morgan fingerprint density at radius 2 is 1.96 bits per heavy atom. The van der Waals surface area contributed by atoms with E-state index in [9.17, 15) is 9.59 Å². The average molecular weight is 398 g/mol. The van der Waals surface area contributed by atoms with Gasteiger partial charge in [-0.1, -0.05) is 27.6 Å². The van der Waals surface area contributed by atoms with Crippen LogP contribution in [-0.4, -0.2) is 5.91 Å². The van der Waals surface area contributed by atoms with Crippen molar-refractivity contribution in [3.63, 3.8) is 0 Å². The van der Waals surface area contributed by atoms with E-state index in [1.54, 1.807) is 18.2 Å². The van der Waals surface area contributed by atoms with E-state index < -0.39 is 0 Å². The van der Waals surface area contributed by atoms with Gasteiger partial charge in [0.15, 0.2) is 5.43 Å². The highest BCUT2D eigenvalue weighted by Gasteiger charge is 2.06. The van der Waals surface area contributed by atoms with Crippen LogP contribution >= 0.6 is 15.9 Å². The van der Waals surface area contributed by atoms with Crippen molar-refractivity contribution in [2.75, 3.05) is 5.32 Å². The Morgan fingerprint density at radius 3 is 2.72 bits per heavy atom. The lowest BCUT2D eigenvalue weighted by Gasteiger charge is -2.04. The lowest BCUT2D eigenvalue weighted by molar-refractivity contribution is -0.111. The Bertz CT molecular complexity index is 1050. The van der Waals surface area contributed by atoms with Crippen LogP contribution in [0.4, 0.5) is 5.69 Å². The molecule has 1 aromatic heterocycles. The Kier molecular flexibility index (Phi) is 4.86. The zero-order valence-electron chi connectivity index (χ0n) is 13.8. The minimum absolute atomic E-state index is 0.159. The van der Waals surface area contributed by atoms with E-state index in [1.165, 1.54) is 18.4 Å². The van der Waals surface area contributed by atoms with Crippen LogP contribution in [0.2, 0.25) is 0 Å². The largest absolute Gasteiger partial charge is 0.463 e. The van der Waals surface area contributed by atoms with Crippen LogP contribution in [0.3, 0.4) is 0 Å². The Labute approximate surface area is 153 Å². The molecule has 4 nitrogen and oxygen atoms in total. The molecule has 0 atom stereocenters. The fourth-order valence-electron chi connectivity index (χ4n) is 2.45. The molecule has 0 bridgehead atoms. The Morgan fingerprint density at radius 1 is 1.16 bits per heavy atom. The predicted octanol–water partition coefficient (Wildman–Crippen LogP) is 4.82. The Hall–Kier alpha value is -2.66. The minimum Gasteiger partial charge on any atom is -0.463 e. The van der Waals surface area contributed by atoms with Gasteiger partial charge < -0.3 is 9.73 Å². The molecule has 0 aliphatic rings. The van der Waals surface area contributed by atoms with Gasteiger partial charge >= 0.3 is 0 Å². The monoisotopic (exact) mass is 397 g/mol. The summed E-state index contributed by atoms with van der Waals surface area (Å²) in [7, 11) is 0. The van der Waals surface area contributed by atoms with Crippen molar-refractivity contribution in [2.45, 2.75) is 13.8 Å². The first-order valence-electron chi connectivity index (χ1n) is 7.71. The summed E-state index contributed by atoms with van der Waals surface area (Å²) in [5, 5.41) is 3.27. The first-order chi connectivity index (χ1) is 11.9. The summed E-state index contributed by atoms with van der Waals surface area (Å²) in [6.45, 7) is 3.85. The molecular formula is C20H16BrNO3. The average Bonchev–Trinajstić information content (AvgIpc) is 2.58. The van der Waals surface area contributed by atoms with Gasteiger partial charge in [0, 0.05) is 16.2 Å². The summed E-state index contributed by atoms with van der Waals surface area (Å²) < 4.78 is 6.45. The molecule has 0 radical (unpaired) electrons. The van der Waals surface area contributed by atoms with E-state index in [2.05, 4.69) is 21.2 Å². The van der Waals surface area contributed by atoms with E-state index in [0.29, 0.717) is 22.2 Å². The maximum Gasteiger partial charge on any atom is 0.248 e. The smallest absolute Gasteiger partial charge is 0.248 e. The second kappa shape index (κ2) is 7.07. The highest BCUT2D eigenvalue weighted by atomic mass is 79.9. The molecule has 1 amide bonds. The summed E-state index contributed by atoms with van der Waals surface area (Å²) in [4.78, 5) is 24.6. The molecule has 25 heavy (non-hydrogen) atoms. The normalized spacial score (nSPS) is 11.2.